The van der Waals surface area contributed by atoms with Crippen LogP contribution in [0.15, 0.2) is 23.6 Å². The van der Waals surface area contributed by atoms with Gasteiger partial charge in [-0.1, -0.05) is 13.3 Å². The molecule has 5 amide bonds. The van der Waals surface area contributed by atoms with Crippen LogP contribution in [0.2, 0.25) is 0 Å². The van der Waals surface area contributed by atoms with E-state index in [1.54, 1.807) is 6.92 Å². The molecule has 0 bridgehead atoms. The van der Waals surface area contributed by atoms with Gasteiger partial charge in [0.15, 0.2) is 0 Å². The van der Waals surface area contributed by atoms with Crippen molar-refractivity contribution in [3.8, 4) is 0 Å². The van der Waals surface area contributed by atoms with Crippen molar-refractivity contribution in [1.29, 1.82) is 0 Å². The highest BCUT2D eigenvalue weighted by atomic mass is 32.1. The van der Waals surface area contributed by atoms with Crippen molar-refractivity contribution in [2.75, 3.05) is 5.32 Å². The maximum atomic E-state index is 13.0. The normalized spacial score (nSPS) is 14.2. The molecule has 15 heteroatoms. The molecule has 1 atom stereocenters. The zero-order valence-electron chi connectivity index (χ0n) is 19.0. The lowest BCUT2D eigenvalue weighted by atomic mass is 10.1. The number of rotatable bonds is 8. The molecule has 0 saturated heterocycles. The molecular weight excluding hydrogens is 530 g/mol. The Hall–Kier alpha value is -3.62. The average molecular weight is 550 g/mol. The third kappa shape index (κ3) is 6.39. The molecule has 3 N–H and O–H groups in total. The summed E-state index contributed by atoms with van der Waals surface area (Å²) in [5, 5.41) is 7.88. The first kappa shape index (κ1) is 28.0. The number of fused-ring (bicyclic) bond motifs is 1. The lowest BCUT2D eigenvalue weighted by Crippen LogP contribution is -2.46. The summed E-state index contributed by atoms with van der Waals surface area (Å²) in [5.74, 6) is -1.08. The maximum Gasteiger partial charge on any atom is 0.416 e. The number of hydrogen-bond acceptors (Lipinski definition) is 5. The summed E-state index contributed by atoms with van der Waals surface area (Å²) in [6.45, 7) is 1.64. The van der Waals surface area contributed by atoms with E-state index in [2.05, 4.69) is 5.32 Å². The number of hydrogen-bond donors (Lipinski definition) is 3. The Morgan fingerprint density at radius 3 is 2.27 bits per heavy atom. The fourth-order valence-electron chi connectivity index (χ4n) is 3.79. The molecule has 37 heavy (non-hydrogen) atoms. The molecule has 200 valence electrons. The van der Waals surface area contributed by atoms with E-state index in [1.165, 1.54) is 10.3 Å². The molecule has 0 spiro atoms. The molecule has 2 heterocycles. The van der Waals surface area contributed by atoms with Crippen molar-refractivity contribution < 1.29 is 45.5 Å². The van der Waals surface area contributed by atoms with E-state index in [4.69, 9.17) is 0 Å². The van der Waals surface area contributed by atoms with Gasteiger partial charge in [0.2, 0.25) is 12.3 Å². The second-order valence-electron chi connectivity index (χ2n) is 8.02. The van der Waals surface area contributed by atoms with Crippen LogP contribution in [0.3, 0.4) is 0 Å². The molecule has 0 aliphatic carbocycles. The third-order valence-electron chi connectivity index (χ3n) is 5.50. The summed E-state index contributed by atoms with van der Waals surface area (Å²) < 4.78 is 78.2. The Kier molecular flexibility index (Phi) is 8.15. The number of imide groups is 1. The van der Waals surface area contributed by atoms with Crippen molar-refractivity contribution in [2.24, 2.45) is 0 Å². The number of amides is 5. The molecule has 1 unspecified atom stereocenters. The van der Waals surface area contributed by atoms with Crippen molar-refractivity contribution in [3.63, 3.8) is 0 Å². The first-order chi connectivity index (χ1) is 17.3. The fourth-order valence-corrected chi connectivity index (χ4v) is 4.77. The predicted molar refractivity (Wildman–Crippen MR) is 119 cm³/mol. The number of urea groups is 1. The molecule has 2 aromatic rings. The van der Waals surface area contributed by atoms with Crippen LogP contribution in [0.4, 0.5) is 36.8 Å². The minimum absolute atomic E-state index is 0.0236. The summed E-state index contributed by atoms with van der Waals surface area (Å²) in [6.07, 6.45) is -9.07. The second-order valence-corrected chi connectivity index (χ2v) is 8.98. The van der Waals surface area contributed by atoms with Crippen LogP contribution in [0.25, 0.3) is 0 Å². The number of nitrogens with zero attached hydrogens (tertiary/aromatic N) is 1. The third-order valence-corrected chi connectivity index (χ3v) is 6.53. The topological polar surface area (TPSA) is 108 Å². The summed E-state index contributed by atoms with van der Waals surface area (Å²) in [5.41, 5.74) is -3.04. The molecule has 3 rings (SSSR count). The van der Waals surface area contributed by atoms with Crippen molar-refractivity contribution >= 4 is 41.3 Å². The molecule has 0 radical (unpaired) electrons. The zero-order valence-corrected chi connectivity index (χ0v) is 19.9. The van der Waals surface area contributed by atoms with Gasteiger partial charge in [0, 0.05) is 22.5 Å². The summed E-state index contributed by atoms with van der Waals surface area (Å²) in [4.78, 5) is 49.8. The van der Waals surface area contributed by atoms with Crippen LogP contribution in [0.1, 0.15) is 51.7 Å². The monoisotopic (exact) mass is 550 g/mol. The fraction of sp³-hybridized carbons (Fsp3) is 0.364. The van der Waals surface area contributed by atoms with Gasteiger partial charge < -0.3 is 15.5 Å². The molecule has 1 aromatic carbocycles. The van der Waals surface area contributed by atoms with E-state index in [0.29, 0.717) is 41.0 Å². The molecule has 0 fully saturated rings. The van der Waals surface area contributed by atoms with Gasteiger partial charge in [-0.2, -0.15) is 26.3 Å². The van der Waals surface area contributed by atoms with Crippen LogP contribution in [0, 0.1) is 0 Å². The SMILES string of the molecule is CCCC(C(=O)NC=O)N1Cc2c(csc2CNC(=O)Nc2cc(C(F)(F)F)cc(C(F)(F)F)c2)C1=O. The Bertz CT molecular complexity index is 1180. The van der Waals surface area contributed by atoms with Crippen LogP contribution in [0.5, 0.6) is 0 Å². The summed E-state index contributed by atoms with van der Waals surface area (Å²) in [7, 11) is 0. The van der Waals surface area contributed by atoms with E-state index < -0.39 is 53.1 Å². The Morgan fingerprint density at radius 1 is 1.11 bits per heavy atom. The van der Waals surface area contributed by atoms with Gasteiger partial charge in [0.05, 0.1) is 23.2 Å². The van der Waals surface area contributed by atoms with E-state index >= 15 is 0 Å². The van der Waals surface area contributed by atoms with E-state index in [9.17, 15) is 45.5 Å². The van der Waals surface area contributed by atoms with Gasteiger partial charge >= 0.3 is 18.4 Å². The number of carbonyl (C=O) groups is 4. The van der Waals surface area contributed by atoms with E-state index in [-0.39, 0.29) is 25.6 Å². The lowest BCUT2D eigenvalue weighted by Gasteiger charge is -2.26. The van der Waals surface area contributed by atoms with Gasteiger partial charge in [-0.3, -0.25) is 19.7 Å². The maximum absolute atomic E-state index is 13.0. The molecule has 0 saturated carbocycles. The highest BCUT2D eigenvalue weighted by molar-refractivity contribution is 7.10. The van der Waals surface area contributed by atoms with Crippen LogP contribution in [-0.4, -0.2) is 35.2 Å². The number of carbonyl (C=O) groups excluding carboxylic acids is 4. The number of alkyl halides is 6. The average Bonchev–Trinajstić information content (AvgIpc) is 3.34. The zero-order chi connectivity index (χ0) is 27.5. The van der Waals surface area contributed by atoms with Crippen LogP contribution >= 0.6 is 11.3 Å². The Balaban J connectivity index is 1.72. The number of nitrogens with one attached hydrogen (secondary N) is 3. The highest BCUT2D eigenvalue weighted by Gasteiger charge is 2.39. The van der Waals surface area contributed by atoms with Gasteiger partial charge in [-0.15, -0.1) is 11.3 Å². The number of benzene rings is 1. The van der Waals surface area contributed by atoms with Crippen LogP contribution in [-0.2, 0) is 35.0 Å². The quantitative estimate of drug-likeness (QED) is 0.332. The van der Waals surface area contributed by atoms with E-state index in [1.807, 2.05) is 10.6 Å². The predicted octanol–water partition coefficient (Wildman–Crippen LogP) is 4.50. The summed E-state index contributed by atoms with van der Waals surface area (Å²) >= 11 is 1.12. The first-order valence-electron chi connectivity index (χ1n) is 10.7. The standard InChI is InChI=1S/C22H20F6N4O4S/c1-2-3-16(18(34)30-10-33)32-8-14-15(19(32)35)9-37-17(14)7-29-20(36)31-13-5-11(21(23,24)25)4-12(6-13)22(26,27)28/h4-6,9-10,16H,2-3,7-8H2,1H3,(H2,29,31,36)(H,30,33,34). The van der Waals surface area contributed by atoms with Crippen molar-refractivity contribution in [1.82, 2.24) is 15.5 Å². The van der Waals surface area contributed by atoms with E-state index in [0.717, 1.165) is 11.3 Å². The first-order valence-corrected chi connectivity index (χ1v) is 11.6. The minimum atomic E-state index is -5.07. The largest absolute Gasteiger partial charge is 0.416 e. The second kappa shape index (κ2) is 10.8. The Labute approximate surface area is 210 Å². The van der Waals surface area contributed by atoms with Crippen LogP contribution < -0.4 is 16.0 Å². The minimum Gasteiger partial charge on any atom is -0.333 e. The highest BCUT2D eigenvalue weighted by Crippen LogP contribution is 2.38. The summed E-state index contributed by atoms with van der Waals surface area (Å²) in [6, 6.07) is -1.25. The number of thiophene rings is 1. The van der Waals surface area contributed by atoms with Gasteiger partial charge in [-0.05, 0) is 30.2 Å². The lowest BCUT2D eigenvalue weighted by molar-refractivity contribution is -0.143. The number of halogens is 6. The molecular formula is C22H20F6N4O4S. The van der Waals surface area contributed by atoms with Crippen molar-refractivity contribution in [2.45, 2.75) is 51.2 Å². The van der Waals surface area contributed by atoms with Crippen molar-refractivity contribution in [3.05, 3.63) is 50.7 Å². The molecule has 1 aliphatic heterocycles. The molecule has 1 aromatic heterocycles. The Morgan fingerprint density at radius 2 is 1.73 bits per heavy atom. The molecule has 8 nitrogen and oxygen atoms in total. The van der Waals surface area contributed by atoms with Gasteiger partial charge in [0.25, 0.3) is 5.91 Å². The van der Waals surface area contributed by atoms with Gasteiger partial charge in [0.1, 0.15) is 6.04 Å². The molecule has 1 aliphatic rings. The smallest absolute Gasteiger partial charge is 0.333 e. The number of anilines is 1. The van der Waals surface area contributed by atoms with Gasteiger partial charge in [-0.25, -0.2) is 4.79 Å².